The molecule has 0 bridgehead atoms. The van der Waals surface area contributed by atoms with Crippen LogP contribution in [0.15, 0.2) is 48.5 Å². The van der Waals surface area contributed by atoms with Crippen LogP contribution in [0.25, 0.3) is 0 Å². The summed E-state index contributed by atoms with van der Waals surface area (Å²) in [4.78, 5) is 28.1. The molecule has 5 nitrogen and oxygen atoms in total. The standard InChI is InChI=1S/C28H40N2O3/c1-7-26(28(32)29-18-20(2)3)30(19-23-9-8-10-25(17-23)33-6)27(31)16-13-22-11-14-24(15-12-22)21(4)5/h8-12,14-15,17,20-21,26H,7,13,16,18-19H2,1-6H3,(H,29,32). The fourth-order valence-corrected chi connectivity index (χ4v) is 3.77. The highest BCUT2D eigenvalue weighted by Crippen LogP contribution is 2.20. The third-order valence-corrected chi connectivity index (χ3v) is 5.83. The Kier molecular flexibility index (Phi) is 10.4. The minimum absolute atomic E-state index is 0.0164. The number of nitrogens with one attached hydrogen (secondary N) is 1. The molecule has 0 aliphatic rings. The number of carbonyl (C=O) groups excluding carboxylic acids is 2. The number of aryl methyl sites for hydroxylation is 1. The van der Waals surface area contributed by atoms with Crippen LogP contribution < -0.4 is 10.1 Å². The molecule has 0 heterocycles. The zero-order chi connectivity index (χ0) is 24.4. The van der Waals surface area contributed by atoms with Crippen molar-refractivity contribution in [2.75, 3.05) is 13.7 Å². The second-order valence-corrected chi connectivity index (χ2v) is 9.33. The fourth-order valence-electron chi connectivity index (χ4n) is 3.77. The molecule has 2 aromatic carbocycles. The van der Waals surface area contributed by atoms with Gasteiger partial charge in [0.25, 0.3) is 0 Å². The fraction of sp³-hybridized carbons (Fsp3) is 0.500. The molecule has 0 radical (unpaired) electrons. The van der Waals surface area contributed by atoms with Gasteiger partial charge in [-0.05, 0) is 53.5 Å². The van der Waals surface area contributed by atoms with Crippen LogP contribution in [0.2, 0.25) is 0 Å². The van der Waals surface area contributed by atoms with Crippen LogP contribution in [-0.4, -0.2) is 36.4 Å². The van der Waals surface area contributed by atoms with Gasteiger partial charge in [0.05, 0.1) is 7.11 Å². The summed E-state index contributed by atoms with van der Waals surface area (Å²) in [5.41, 5.74) is 3.36. The van der Waals surface area contributed by atoms with Crippen LogP contribution in [0.5, 0.6) is 5.75 Å². The first-order chi connectivity index (χ1) is 15.7. The number of hydrogen-bond donors (Lipinski definition) is 1. The van der Waals surface area contributed by atoms with Crippen LogP contribution in [0, 0.1) is 5.92 Å². The average molecular weight is 453 g/mol. The molecule has 0 aliphatic heterocycles. The van der Waals surface area contributed by atoms with Gasteiger partial charge >= 0.3 is 0 Å². The molecular formula is C28H40N2O3. The lowest BCUT2D eigenvalue weighted by molar-refractivity contribution is -0.141. The molecule has 0 fully saturated rings. The number of nitrogens with zero attached hydrogens (tertiary/aromatic N) is 1. The minimum atomic E-state index is -0.509. The van der Waals surface area contributed by atoms with Gasteiger partial charge < -0.3 is 15.0 Å². The van der Waals surface area contributed by atoms with E-state index in [-0.39, 0.29) is 11.8 Å². The third kappa shape index (κ3) is 8.23. The molecule has 0 aliphatic carbocycles. The summed E-state index contributed by atoms with van der Waals surface area (Å²) in [6.45, 7) is 11.4. The molecule has 0 spiro atoms. The summed E-state index contributed by atoms with van der Waals surface area (Å²) in [5, 5.41) is 3.01. The molecule has 2 aromatic rings. The van der Waals surface area contributed by atoms with Gasteiger partial charge in [-0.2, -0.15) is 0 Å². The highest BCUT2D eigenvalue weighted by Gasteiger charge is 2.28. The van der Waals surface area contributed by atoms with E-state index in [0.717, 1.165) is 16.9 Å². The number of rotatable bonds is 12. The molecule has 1 N–H and O–H groups in total. The molecule has 180 valence electrons. The van der Waals surface area contributed by atoms with Gasteiger partial charge in [-0.25, -0.2) is 0 Å². The summed E-state index contributed by atoms with van der Waals surface area (Å²) >= 11 is 0. The van der Waals surface area contributed by atoms with Gasteiger partial charge in [0.2, 0.25) is 11.8 Å². The predicted octanol–water partition coefficient (Wildman–Crippen LogP) is 5.33. The number of methoxy groups -OCH3 is 1. The maximum atomic E-state index is 13.4. The molecular weight excluding hydrogens is 412 g/mol. The van der Waals surface area contributed by atoms with Crippen LogP contribution in [0.3, 0.4) is 0 Å². The van der Waals surface area contributed by atoms with Crippen molar-refractivity contribution in [1.82, 2.24) is 10.2 Å². The normalized spacial score (nSPS) is 12.0. The van der Waals surface area contributed by atoms with E-state index >= 15 is 0 Å². The van der Waals surface area contributed by atoms with E-state index in [1.807, 2.05) is 31.2 Å². The first kappa shape index (κ1) is 26.4. The Morgan fingerprint density at radius 2 is 1.70 bits per heavy atom. The second-order valence-electron chi connectivity index (χ2n) is 9.33. The Hall–Kier alpha value is -2.82. The molecule has 1 atom stereocenters. The maximum Gasteiger partial charge on any atom is 0.242 e. The molecule has 1 unspecified atom stereocenters. The number of ether oxygens (including phenoxy) is 1. The van der Waals surface area contributed by atoms with Gasteiger partial charge in [0.1, 0.15) is 11.8 Å². The van der Waals surface area contributed by atoms with Crippen molar-refractivity contribution in [3.8, 4) is 5.75 Å². The van der Waals surface area contributed by atoms with Crippen molar-refractivity contribution in [3.63, 3.8) is 0 Å². The van der Waals surface area contributed by atoms with Crippen molar-refractivity contribution in [3.05, 3.63) is 65.2 Å². The van der Waals surface area contributed by atoms with E-state index in [4.69, 9.17) is 4.74 Å². The quantitative estimate of drug-likeness (QED) is 0.473. The Morgan fingerprint density at radius 3 is 2.27 bits per heavy atom. The lowest BCUT2D eigenvalue weighted by Gasteiger charge is -2.31. The van der Waals surface area contributed by atoms with Crippen molar-refractivity contribution in [2.45, 2.75) is 72.4 Å². The molecule has 2 amide bonds. The zero-order valence-electron chi connectivity index (χ0n) is 21.1. The van der Waals surface area contributed by atoms with E-state index in [1.54, 1.807) is 12.0 Å². The van der Waals surface area contributed by atoms with Gasteiger partial charge in [-0.1, -0.05) is 71.0 Å². The molecule has 0 aromatic heterocycles. The Morgan fingerprint density at radius 1 is 1.00 bits per heavy atom. The van der Waals surface area contributed by atoms with E-state index in [9.17, 15) is 9.59 Å². The van der Waals surface area contributed by atoms with Gasteiger partial charge in [0.15, 0.2) is 0 Å². The van der Waals surface area contributed by atoms with Crippen LogP contribution in [-0.2, 0) is 22.6 Å². The molecule has 2 rings (SSSR count). The van der Waals surface area contributed by atoms with Crippen molar-refractivity contribution < 1.29 is 14.3 Å². The molecule has 0 saturated carbocycles. The second kappa shape index (κ2) is 13.0. The number of hydrogen-bond acceptors (Lipinski definition) is 3. The highest BCUT2D eigenvalue weighted by molar-refractivity contribution is 5.87. The minimum Gasteiger partial charge on any atom is -0.497 e. The SMILES string of the molecule is CCC(C(=O)NCC(C)C)N(Cc1cccc(OC)c1)C(=O)CCc1ccc(C(C)C)cc1. The number of carbonyl (C=O) groups is 2. The molecule has 0 saturated heterocycles. The summed E-state index contributed by atoms with van der Waals surface area (Å²) in [7, 11) is 1.63. The number of amides is 2. The van der Waals surface area contributed by atoms with Crippen molar-refractivity contribution >= 4 is 11.8 Å². The Bertz CT molecular complexity index is 890. The summed E-state index contributed by atoms with van der Waals surface area (Å²) in [6, 6.07) is 15.6. The van der Waals surface area contributed by atoms with Gasteiger partial charge in [-0.15, -0.1) is 0 Å². The van der Waals surface area contributed by atoms with E-state index in [0.29, 0.717) is 44.2 Å². The van der Waals surface area contributed by atoms with Crippen molar-refractivity contribution in [2.24, 2.45) is 5.92 Å². The average Bonchev–Trinajstić information content (AvgIpc) is 2.81. The lowest BCUT2D eigenvalue weighted by atomic mass is 10.00. The summed E-state index contributed by atoms with van der Waals surface area (Å²) in [6.07, 6.45) is 1.57. The smallest absolute Gasteiger partial charge is 0.242 e. The zero-order valence-corrected chi connectivity index (χ0v) is 21.1. The van der Waals surface area contributed by atoms with Crippen LogP contribution >= 0.6 is 0 Å². The highest BCUT2D eigenvalue weighted by atomic mass is 16.5. The van der Waals surface area contributed by atoms with E-state index in [2.05, 4.69) is 57.3 Å². The number of benzene rings is 2. The first-order valence-corrected chi connectivity index (χ1v) is 12.0. The van der Waals surface area contributed by atoms with Crippen LogP contribution in [0.4, 0.5) is 0 Å². The van der Waals surface area contributed by atoms with Gasteiger partial charge in [-0.3, -0.25) is 9.59 Å². The first-order valence-electron chi connectivity index (χ1n) is 12.0. The predicted molar refractivity (Wildman–Crippen MR) is 134 cm³/mol. The topological polar surface area (TPSA) is 58.6 Å². The van der Waals surface area contributed by atoms with E-state index < -0.39 is 6.04 Å². The summed E-state index contributed by atoms with van der Waals surface area (Å²) in [5.74, 6) is 1.46. The molecule has 5 heteroatoms. The maximum absolute atomic E-state index is 13.4. The third-order valence-electron chi connectivity index (χ3n) is 5.83. The van der Waals surface area contributed by atoms with Crippen LogP contribution in [0.1, 0.15) is 70.1 Å². The Balaban J connectivity index is 2.19. The summed E-state index contributed by atoms with van der Waals surface area (Å²) < 4.78 is 5.35. The van der Waals surface area contributed by atoms with Gasteiger partial charge in [0, 0.05) is 19.5 Å². The monoisotopic (exact) mass is 452 g/mol. The molecule has 33 heavy (non-hydrogen) atoms. The van der Waals surface area contributed by atoms with Crippen molar-refractivity contribution in [1.29, 1.82) is 0 Å². The van der Waals surface area contributed by atoms with E-state index in [1.165, 1.54) is 5.56 Å². The Labute approximate surface area is 199 Å². The largest absolute Gasteiger partial charge is 0.497 e. The lowest BCUT2D eigenvalue weighted by Crippen LogP contribution is -2.49.